The van der Waals surface area contributed by atoms with E-state index in [-0.39, 0.29) is 18.2 Å². The van der Waals surface area contributed by atoms with E-state index >= 15 is 0 Å². The van der Waals surface area contributed by atoms with E-state index < -0.39 is 12.2 Å². The predicted octanol–water partition coefficient (Wildman–Crippen LogP) is 1.82. The van der Waals surface area contributed by atoms with Crippen molar-refractivity contribution in [3.8, 4) is 0 Å². The zero-order valence-corrected chi connectivity index (χ0v) is 17.0. The molecule has 3 atom stereocenters. The Labute approximate surface area is 167 Å². The van der Waals surface area contributed by atoms with Gasteiger partial charge in [-0.2, -0.15) is 0 Å². The Balaban J connectivity index is 1.43. The van der Waals surface area contributed by atoms with Gasteiger partial charge in [-0.1, -0.05) is 24.4 Å². The van der Waals surface area contributed by atoms with Crippen LogP contribution in [0.3, 0.4) is 0 Å². The van der Waals surface area contributed by atoms with E-state index in [1.165, 1.54) is 19.3 Å². The van der Waals surface area contributed by atoms with Crippen molar-refractivity contribution in [2.24, 2.45) is 0 Å². The van der Waals surface area contributed by atoms with Crippen molar-refractivity contribution >= 4 is 6.03 Å². The zero-order valence-electron chi connectivity index (χ0n) is 17.0. The Morgan fingerprint density at radius 1 is 1.25 bits per heavy atom. The van der Waals surface area contributed by atoms with Crippen LogP contribution >= 0.6 is 0 Å². The normalized spacial score (nSPS) is 26.4. The molecule has 1 aliphatic carbocycles. The summed E-state index contributed by atoms with van der Waals surface area (Å²) in [5.41, 5.74) is 0.861. The summed E-state index contributed by atoms with van der Waals surface area (Å²) in [7, 11) is 3.96. The molecule has 1 aromatic rings. The number of hydrogen-bond donors (Lipinski definition) is 3. The van der Waals surface area contributed by atoms with Gasteiger partial charge in [-0.15, -0.1) is 0 Å². The number of aliphatic hydroxyl groups is 1. The first-order valence-electron chi connectivity index (χ1n) is 10.5. The van der Waals surface area contributed by atoms with Crippen LogP contribution in [0.5, 0.6) is 0 Å². The number of amides is 2. The van der Waals surface area contributed by atoms with Gasteiger partial charge in [0.15, 0.2) is 5.76 Å². The summed E-state index contributed by atoms with van der Waals surface area (Å²) in [4.78, 5) is 14.2. The van der Waals surface area contributed by atoms with Crippen LogP contribution in [0, 0.1) is 0 Å². The van der Waals surface area contributed by atoms with Crippen molar-refractivity contribution in [2.45, 2.75) is 82.3 Å². The summed E-state index contributed by atoms with van der Waals surface area (Å²) in [6.07, 6.45) is 6.78. The highest BCUT2D eigenvalue weighted by atomic mass is 16.5. The van der Waals surface area contributed by atoms with Gasteiger partial charge in [0.2, 0.25) is 0 Å². The van der Waals surface area contributed by atoms with Crippen LogP contribution in [0.4, 0.5) is 4.79 Å². The number of ether oxygens (including phenoxy) is 1. The monoisotopic (exact) mass is 394 g/mol. The molecule has 3 rings (SSSR count). The lowest BCUT2D eigenvalue weighted by molar-refractivity contribution is -0.113. The predicted molar refractivity (Wildman–Crippen MR) is 105 cm³/mol. The van der Waals surface area contributed by atoms with Crippen molar-refractivity contribution in [3.05, 3.63) is 17.5 Å². The van der Waals surface area contributed by atoms with Gasteiger partial charge in [0, 0.05) is 25.1 Å². The fourth-order valence-corrected chi connectivity index (χ4v) is 4.03. The van der Waals surface area contributed by atoms with Crippen LogP contribution in [0.25, 0.3) is 0 Å². The Morgan fingerprint density at radius 3 is 2.79 bits per heavy atom. The molecule has 8 heteroatoms. The smallest absolute Gasteiger partial charge is 0.315 e. The van der Waals surface area contributed by atoms with Crippen molar-refractivity contribution in [2.75, 3.05) is 20.6 Å². The standard InChI is InChI=1S/C20H34N4O4/c1-24(2)13-17-11-15(23-28-17)10-16-8-9-18(25)19(27-16)12-21-20(26)22-14-6-4-3-5-7-14/h11,14,16,18-19,25H,3-10,12-13H2,1-2H3,(H2,21,22,26)/t16-,18-,19+/m0/s1. The van der Waals surface area contributed by atoms with Crippen LogP contribution in [0.1, 0.15) is 56.4 Å². The third-order valence-corrected chi connectivity index (χ3v) is 5.50. The molecule has 1 saturated heterocycles. The van der Waals surface area contributed by atoms with Gasteiger partial charge >= 0.3 is 6.03 Å². The number of nitrogens with zero attached hydrogens (tertiary/aromatic N) is 2. The van der Waals surface area contributed by atoms with E-state index in [0.29, 0.717) is 25.9 Å². The number of carbonyl (C=O) groups excluding carboxylic acids is 1. The van der Waals surface area contributed by atoms with Gasteiger partial charge in [0.05, 0.1) is 24.4 Å². The summed E-state index contributed by atoms with van der Waals surface area (Å²) in [5, 5.41) is 20.3. The average molecular weight is 395 g/mol. The molecule has 1 aromatic heterocycles. The van der Waals surface area contributed by atoms with Crippen LogP contribution in [0.15, 0.2) is 10.6 Å². The second-order valence-electron chi connectivity index (χ2n) is 8.36. The molecule has 0 unspecified atom stereocenters. The molecule has 0 radical (unpaired) electrons. The molecule has 0 bridgehead atoms. The molecule has 3 N–H and O–H groups in total. The first-order valence-corrected chi connectivity index (χ1v) is 10.5. The second kappa shape index (κ2) is 10.2. The molecule has 28 heavy (non-hydrogen) atoms. The number of carbonyl (C=O) groups is 1. The Morgan fingerprint density at radius 2 is 2.04 bits per heavy atom. The summed E-state index contributed by atoms with van der Waals surface area (Å²) in [6.45, 7) is 1.01. The van der Waals surface area contributed by atoms with Crippen molar-refractivity contribution in [1.82, 2.24) is 20.7 Å². The summed E-state index contributed by atoms with van der Waals surface area (Å²) in [5.74, 6) is 0.827. The molecule has 2 aliphatic rings. The molecule has 0 aromatic carbocycles. The van der Waals surface area contributed by atoms with E-state index in [1.54, 1.807) is 0 Å². The molecular weight excluding hydrogens is 360 g/mol. The SMILES string of the molecule is CN(C)Cc1cc(C[C@@H]2CC[C@H](O)[C@@H](CNC(=O)NC3CCCCC3)O2)no1. The highest BCUT2D eigenvalue weighted by molar-refractivity contribution is 5.74. The molecule has 2 amide bonds. The van der Waals surface area contributed by atoms with Gasteiger partial charge in [0.25, 0.3) is 0 Å². The summed E-state index contributed by atoms with van der Waals surface area (Å²) in [6, 6.07) is 2.05. The molecule has 1 aliphatic heterocycles. The maximum atomic E-state index is 12.1. The zero-order chi connectivity index (χ0) is 19.9. The molecule has 2 heterocycles. The van der Waals surface area contributed by atoms with Crippen molar-refractivity contribution in [3.63, 3.8) is 0 Å². The largest absolute Gasteiger partial charge is 0.390 e. The number of rotatable bonds is 7. The van der Waals surface area contributed by atoms with Gasteiger partial charge in [-0.3, -0.25) is 0 Å². The van der Waals surface area contributed by atoms with E-state index in [4.69, 9.17) is 9.26 Å². The molecule has 2 fully saturated rings. The van der Waals surface area contributed by atoms with Crippen LogP contribution in [-0.4, -0.2) is 66.2 Å². The minimum Gasteiger partial charge on any atom is -0.390 e. The quantitative estimate of drug-likeness (QED) is 0.652. The highest BCUT2D eigenvalue weighted by Gasteiger charge is 2.31. The topological polar surface area (TPSA) is 99.9 Å². The lowest BCUT2D eigenvalue weighted by Crippen LogP contribution is -2.50. The van der Waals surface area contributed by atoms with Gasteiger partial charge < -0.3 is 29.9 Å². The second-order valence-corrected chi connectivity index (χ2v) is 8.36. The fourth-order valence-electron chi connectivity index (χ4n) is 4.03. The number of aromatic nitrogens is 1. The van der Waals surface area contributed by atoms with E-state index in [9.17, 15) is 9.90 Å². The maximum Gasteiger partial charge on any atom is 0.315 e. The number of urea groups is 1. The third-order valence-electron chi connectivity index (χ3n) is 5.50. The number of nitrogens with one attached hydrogen (secondary N) is 2. The Bertz CT molecular complexity index is 615. The van der Waals surface area contributed by atoms with Crippen molar-refractivity contribution < 1.29 is 19.2 Å². The lowest BCUT2D eigenvalue weighted by atomic mass is 9.96. The summed E-state index contributed by atoms with van der Waals surface area (Å²) >= 11 is 0. The Hall–Kier alpha value is -1.64. The Kier molecular flexibility index (Phi) is 7.70. The van der Waals surface area contributed by atoms with Gasteiger partial charge in [0.1, 0.15) is 6.10 Å². The maximum absolute atomic E-state index is 12.1. The average Bonchev–Trinajstić information content (AvgIpc) is 3.09. The van der Waals surface area contributed by atoms with Crippen LogP contribution < -0.4 is 10.6 Å². The molecule has 158 valence electrons. The minimum atomic E-state index is -0.562. The third kappa shape index (κ3) is 6.46. The minimum absolute atomic E-state index is 0.0334. The molecule has 0 spiro atoms. The van der Waals surface area contributed by atoms with Crippen molar-refractivity contribution in [1.29, 1.82) is 0 Å². The van der Waals surface area contributed by atoms with Crippen LogP contribution in [-0.2, 0) is 17.7 Å². The molecular formula is C20H34N4O4. The van der Waals surface area contributed by atoms with Gasteiger partial charge in [-0.25, -0.2) is 4.79 Å². The molecule has 1 saturated carbocycles. The fraction of sp³-hybridized carbons (Fsp3) is 0.800. The lowest BCUT2D eigenvalue weighted by Gasteiger charge is -2.34. The summed E-state index contributed by atoms with van der Waals surface area (Å²) < 4.78 is 11.4. The van der Waals surface area contributed by atoms with E-state index in [2.05, 4.69) is 15.8 Å². The number of aliphatic hydroxyl groups excluding tert-OH is 1. The molecule has 8 nitrogen and oxygen atoms in total. The van der Waals surface area contributed by atoms with E-state index in [0.717, 1.165) is 30.7 Å². The van der Waals surface area contributed by atoms with Gasteiger partial charge in [-0.05, 0) is 39.8 Å². The highest BCUT2D eigenvalue weighted by Crippen LogP contribution is 2.23. The van der Waals surface area contributed by atoms with E-state index in [1.807, 2.05) is 25.1 Å². The number of hydrogen-bond acceptors (Lipinski definition) is 6. The first kappa shape index (κ1) is 21.1. The van der Waals surface area contributed by atoms with Crippen LogP contribution in [0.2, 0.25) is 0 Å². The first-order chi connectivity index (χ1) is 13.5.